The van der Waals surface area contributed by atoms with E-state index in [2.05, 4.69) is 10.6 Å². The number of rotatable bonds is 8. The number of fused-ring (bicyclic) bond motifs is 1. The van der Waals surface area contributed by atoms with Crippen LogP contribution in [0, 0.1) is 17.3 Å². The molecule has 0 aromatic carbocycles. The molecule has 7 nitrogen and oxygen atoms in total. The zero-order valence-corrected chi connectivity index (χ0v) is 15.5. The van der Waals surface area contributed by atoms with Crippen molar-refractivity contribution >= 4 is 35.4 Å². The lowest BCUT2D eigenvalue weighted by atomic mass is 9.93. The first-order valence-corrected chi connectivity index (χ1v) is 9.97. The van der Waals surface area contributed by atoms with Gasteiger partial charge in [0.2, 0.25) is 23.6 Å². The van der Waals surface area contributed by atoms with E-state index in [0.29, 0.717) is 6.04 Å². The van der Waals surface area contributed by atoms with Crippen molar-refractivity contribution < 1.29 is 19.2 Å². The summed E-state index contributed by atoms with van der Waals surface area (Å²) >= 11 is 1.27. The Hall–Kier alpha value is -1.57. The third-order valence-corrected chi connectivity index (χ3v) is 6.42. The van der Waals surface area contributed by atoms with E-state index in [1.54, 1.807) is 0 Å². The summed E-state index contributed by atoms with van der Waals surface area (Å²) in [5, 5.41) is 5.62. The van der Waals surface area contributed by atoms with E-state index in [9.17, 15) is 19.2 Å². The molecule has 0 spiro atoms. The number of hydrogen-bond donors (Lipinski definition) is 2. The highest BCUT2D eigenvalue weighted by Crippen LogP contribution is 2.63. The maximum Gasteiger partial charge on any atom is 0.233 e. The van der Waals surface area contributed by atoms with Crippen molar-refractivity contribution in [1.82, 2.24) is 15.5 Å². The summed E-state index contributed by atoms with van der Waals surface area (Å²) in [6.07, 6.45) is 3.26. The molecule has 2 aliphatic carbocycles. The van der Waals surface area contributed by atoms with Gasteiger partial charge in [0.05, 0.1) is 23.3 Å². The molecule has 3 rings (SSSR count). The fraction of sp³-hybridized carbons (Fsp3) is 0.765. The number of nitrogens with zero attached hydrogens (tertiary/aromatic N) is 1. The molecule has 4 amide bonds. The summed E-state index contributed by atoms with van der Waals surface area (Å²) in [7, 11) is 0. The van der Waals surface area contributed by atoms with E-state index in [1.165, 1.54) is 23.1 Å². The van der Waals surface area contributed by atoms with Crippen molar-refractivity contribution in [1.29, 1.82) is 0 Å². The maximum absolute atomic E-state index is 12.2. The lowest BCUT2D eigenvalue weighted by Gasteiger charge is -2.26. The molecule has 2 N–H and O–H groups in total. The second kappa shape index (κ2) is 6.97. The molecule has 2 atom stereocenters. The summed E-state index contributed by atoms with van der Waals surface area (Å²) in [6, 6.07) is 0.314. The Morgan fingerprint density at radius 2 is 1.72 bits per heavy atom. The molecular formula is C17H25N3O4S. The molecule has 25 heavy (non-hydrogen) atoms. The number of amides is 4. The highest BCUT2D eigenvalue weighted by Gasteiger charge is 2.72. The summed E-state index contributed by atoms with van der Waals surface area (Å²) < 4.78 is 0. The lowest BCUT2D eigenvalue weighted by molar-refractivity contribution is -0.143. The van der Waals surface area contributed by atoms with Crippen LogP contribution in [0.5, 0.6) is 0 Å². The first kappa shape index (κ1) is 18.2. The van der Waals surface area contributed by atoms with Crippen molar-refractivity contribution in [3.8, 4) is 0 Å². The molecular weight excluding hydrogens is 342 g/mol. The molecule has 138 valence electrons. The van der Waals surface area contributed by atoms with Crippen LogP contribution in [-0.2, 0) is 19.2 Å². The van der Waals surface area contributed by atoms with Gasteiger partial charge in [0.15, 0.2) is 0 Å². The molecule has 3 aliphatic rings. The van der Waals surface area contributed by atoms with E-state index in [4.69, 9.17) is 0 Å². The lowest BCUT2D eigenvalue weighted by Crippen LogP contribution is -2.42. The van der Waals surface area contributed by atoms with Crippen molar-refractivity contribution in [2.24, 2.45) is 17.3 Å². The average molecular weight is 367 g/mol. The molecule has 3 fully saturated rings. The molecule has 0 bridgehead atoms. The Bertz CT molecular complexity index is 579. The minimum absolute atomic E-state index is 0.0300. The predicted octanol–water partition coefficient (Wildman–Crippen LogP) is 0.146. The van der Waals surface area contributed by atoms with E-state index < -0.39 is 0 Å². The number of imide groups is 1. The van der Waals surface area contributed by atoms with Crippen molar-refractivity contribution in [3.05, 3.63) is 0 Å². The first-order valence-electron chi connectivity index (χ1n) is 8.81. The second-order valence-electron chi connectivity index (χ2n) is 7.64. The number of carbonyl (C=O) groups excluding carboxylic acids is 4. The highest BCUT2D eigenvalue weighted by atomic mass is 32.2. The number of nitrogens with one attached hydrogen (secondary N) is 2. The van der Waals surface area contributed by atoms with Gasteiger partial charge in [0.25, 0.3) is 0 Å². The Kier molecular flexibility index (Phi) is 5.09. The summed E-state index contributed by atoms with van der Waals surface area (Å²) in [5.41, 5.74) is -0.204. The van der Waals surface area contributed by atoms with Crippen LogP contribution in [0.1, 0.15) is 33.1 Å². The van der Waals surface area contributed by atoms with Gasteiger partial charge >= 0.3 is 0 Å². The average Bonchev–Trinajstić information content (AvgIpc) is 2.97. The fourth-order valence-corrected chi connectivity index (χ4v) is 4.30. The van der Waals surface area contributed by atoms with Crippen LogP contribution in [0.25, 0.3) is 0 Å². The first-order chi connectivity index (χ1) is 11.8. The van der Waals surface area contributed by atoms with E-state index in [0.717, 1.165) is 12.8 Å². The van der Waals surface area contributed by atoms with Gasteiger partial charge in [-0.3, -0.25) is 24.1 Å². The van der Waals surface area contributed by atoms with Gasteiger partial charge in [-0.2, -0.15) is 0 Å². The molecule has 0 aromatic heterocycles. The van der Waals surface area contributed by atoms with Crippen LogP contribution in [0.2, 0.25) is 0 Å². The Morgan fingerprint density at radius 1 is 1.12 bits per heavy atom. The normalized spacial score (nSPS) is 26.9. The van der Waals surface area contributed by atoms with Gasteiger partial charge in [0, 0.05) is 19.1 Å². The molecule has 1 saturated heterocycles. The number of hydrogen-bond acceptors (Lipinski definition) is 5. The standard InChI is InChI=1S/C17H25N3O4S/c1-17(2)13-14(17)16(24)20(15(13)23)7-6-18-11(21)8-25-9-12(22)19-10-4-3-5-10/h10,13-14H,3-9H2,1-2H3,(H,18,21)(H,19,22)/t13-,14+. The SMILES string of the molecule is CC1(C)[C@@H]2C(=O)N(CCNC(=O)CSCC(=O)NC3CCC3)C(=O)[C@@H]21. The molecule has 1 heterocycles. The van der Waals surface area contributed by atoms with E-state index in [1.807, 2.05) is 13.8 Å². The second-order valence-corrected chi connectivity index (χ2v) is 8.63. The Balaban J connectivity index is 1.28. The third kappa shape index (κ3) is 3.68. The van der Waals surface area contributed by atoms with Gasteiger partial charge in [-0.05, 0) is 24.7 Å². The van der Waals surface area contributed by atoms with Crippen molar-refractivity contribution in [2.45, 2.75) is 39.2 Å². The third-order valence-electron chi connectivity index (χ3n) is 5.49. The van der Waals surface area contributed by atoms with E-state index in [-0.39, 0.29) is 65.5 Å². The molecule has 0 aromatic rings. The molecule has 0 radical (unpaired) electrons. The van der Waals surface area contributed by atoms with Gasteiger partial charge in [-0.25, -0.2) is 0 Å². The summed E-state index contributed by atoms with van der Waals surface area (Å²) in [4.78, 5) is 49.0. The predicted molar refractivity (Wildman–Crippen MR) is 93.6 cm³/mol. The Morgan fingerprint density at radius 3 is 2.28 bits per heavy atom. The number of piperidine rings is 1. The minimum atomic E-state index is -0.204. The van der Waals surface area contributed by atoms with Gasteiger partial charge in [-0.1, -0.05) is 13.8 Å². The molecule has 1 aliphatic heterocycles. The van der Waals surface area contributed by atoms with Gasteiger partial charge in [-0.15, -0.1) is 11.8 Å². The number of likely N-dealkylation sites (tertiary alicyclic amines) is 1. The smallest absolute Gasteiger partial charge is 0.233 e. The zero-order valence-electron chi connectivity index (χ0n) is 14.7. The van der Waals surface area contributed by atoms with Gasteiger partial charge in [0.1, 0.15) is 0 Å². The summed E-state index contributed by atoms with van der Waals surface area (Å²) in [5.74, 6) is -0.346. The van der Waals surface area contributed by atoms with Crippen molar-refractivity contribution in [2.75, 3.05) is 24.6 Å². The van der Waals surface area contributed by atoms with Crippen LogP contribution in [-0.4, -0.2) is 59.2 Å². The maximum atomic E-state index is 12.2. The van der Waals surface area contributed by atoms with Crippen LogP contribution in [0.4, 0.5) is 0 Å². The van der Waals surface area contributed by atoms with Crippen molar-refractivity contribution in [3.63, 3.8) is 0 Å². The van der Waals surface area contributed by atoms with Crippen LogP contribution < -0.4 is 10.6 Å². The topological polar surface area (TPSA) is 95.6 Å². The van der Waals surface area contributed by atoms with Crippen LogP contribution in [0.15, 0.2) is 0 Å². The van der Waals surface area contributed by atoms with Crippen LogP contribution in [0.3, 0.4) is 0 Å². The molecule has 8 heteroatoms. The minimum Gasteiger partial charge on any atom is -0.354 e. The number of carbonyl (C=O) groups is 4. The number of thioether (sulfide) groups is 1. The monoisotopic (exact) mass is 367 g/mol. The highest BCUT2D eigenvalue weighted by molar-refractivity contribution is 8.00. The molecule has 2 saturated carbocycles. The van der Waals surface area contributed by atoms with Gasteiger partial charge < -0.3 is 10.6 Å². The Labute approximate surface area is 151 Å². The van der Waals surface area contributed by atoms with E-state index >= 15 is 0 Å². The zero-order chi connectivity index (χ0) is 18.2. The summed E-state index contributed by atoms with van der Waals surface area (Å²) in [6.45, 7) is 4.36. The quantitative estimate of drug-likeness (QED) is 0.595. The van der Waals surface area contributed by atoms with Crippen LogP contribution >= 0.6 is 11.8 Å². The largest absolute Gasteiger partial charge is 0.354 e. The fourth-order valence-electron chi connectivity index (χ4n) is 3.64. The molecule has 0 unspecified atom stereocenters.